The van der Waals surface area contributed by atoms with Gasteiger partial charge in [-0.05, 0) is 35.6 Å². The van der Waals surface area contributed by atoms with Gasteiger partial charge in [-0.25, -0.2) is 0 Å². The van der Waals surface area contributed by atoms with Gasteiger partial charge >= 0.3 is 0 Å². The number of methoxy groups -OCH3 is 1. The van der Waals surface area contributed by atoms with Crippen LogP contribution >= 0.6 is 35.1 Å². The largest absolute Gasteiger partial charge is 0.495 e. The monoisotopic (exact) mass is 260 g/mol. The Balaban J connectivity index is 2.17. The predicted octanol–water partition coefficient (Wildman–Crippen LogP) is 4.22. The summed E-state index contributed by atoms with van der Waals surface area (Å²) >= 11 is 10.1. The Hall–Kier alpha value is 0.01000. The first kappa shape index (κ1) is 11.5. The molecule has 4 heteroatoms. The van der Waals surface area contributed by atoms with E-state index in [0.717, 1.165) is 5.75 Å². The first-order valence-corrected chi connectivity index (χ1v) is 7.35. The Bertz CT molecular complexity index is 337. The molecule has 0 radical (unpaired) electrons. The van der Waals surface area contributed by atoms with Crippen LogP contribution in [-0.2, 0) is 0 Å². The van der Waals surface area contributed by atoms with Crippen LogP contribution in [0.25, 0.3) is 0 Å². The van der Waals surface area contributed by atoms with Gasteiger partial charge in [-0.3, -0.25) is 0 Å². The van der Waals surface area contributed by atoms with Crippen LogP contribution in [0.2, 0.25) is 5.02 Å². The lowest BCUT2D eigenvalue weighted by Crippen LogP contribution is -2.00. The molecule has 0 atom stereocenters. The third kappa shape index (κ3) is 2.77. The highest BCUT2D eigenvalue weighted by Crippen LogP contribution is 2.44. The summed E-state index contributed by atoms with van der Waals surface area (Å²) in [4.78, 5) is 0. The molecule has 0 unspecified atom stereocenters. The molecule has 0 N–H and O–H groups in total. The Morgan fingerprint density at radius 2 is 2.07 bits per heavy atom. The van der Waals surface area contributed by atoms with Crippen LogP contribution in [0.15, 0.2) is 18.2 Å². The van der Waals surface area contributed by atoms with E-state index >= 15 is 0 Å². The summed E-state index contributed by atoms with van der Waals surface area (Å²) in [5.41, 5.74) is 1.30. The molecule has 1 aromatic rings. The molecule has 1 nitrogen and oxygen atoms in total. The summed E-state index contributed by atoms with van der Waals surface area (Å²) in [6.45, 7) is 0. The van der Waals surface area contributed by atoms with E-state index in [9.17, 15) is 0 Å². The highest BCUT2D eigenvalue weighted by Gasteiger charge is 2.17. The number of hydrogen-bond donors (Lipinski definition) is 0. The van der Waals surface area contributed by atoms with Crippen LogP contribution in [0.4, 0.5) is 0 Å². The number of ether oxygens (including phenoxy) is 1. The smallest absolute Gasteiger partial charge is 0.137 e. The fraction of sp³-hybridized carbons (Fsp3) is 0.455. The van der Waals surface area contributed by atoms with Gasteiger partial charge in [0, 0.05) is 0 Å². The molecule has 0 spiro atoms. The van der Waals surface area contributed by atoms with Gasteiger partial charge in [-0.15, -0.1) is 23.5 Å². The summed E-state index contributed by atoms with van der Waals surface area (Å²) in [6.07, 6.45) is 1.32. The minimum atomic E-state index is 0.544. The van der Waals surface area contributed by atoms with E-state index in [-0.39, 0.29) is 0 Å². The molecular formula is C11H13ClOS2. The fourth-order valence-corrected chi connectivity index (χ4v) is 4.65. The van der Waals surface area contributed by atoms with Crippen molar-refractivity contribution in [1.82, 2.24) is 0 Å². The van der Waals surface area contributed by atoms with Crippen molar-refractivity contribution in [3.8, 4) is 5.75 Å². The van der Waals surface area contributed by atoms with E-state index in [1.165, 1.54) is 23.5 Å². The average molecular weight is 261 g/mol. The van der Waals surface area contributed by atoms with E-state index in [1.807, 2.05) is 35.7 Å². The Labute approximate surface area is 104 Å². The van der Waals surface area contributed by atoms with E-state index < -0.39 is 0 Å². The molecule has 0 saturated carbocycles. The molecule has 1 aromatic carbocycles. The quantitative estimate of drug-likeness (QED) is 0.788. The van der Waals surface area contributed by atoms with Crippen molar-refractivity contribution in [2.45, 2.75) is 11.0 Å². The molecular weight excluding hydrogens is 248 g/mol. The van der Waals surface area contributed by atoms with Crippen molar-refractivity contribution in [2.24, 2.45) is 0 Å². The normalized spacial score (nSPS) is 17.7. The molecule has 1 aliphatic rings. The zero-order valence-electron chi connectivity index (χ0n) is 8.53. The maximum Gasteiger partial charge on any atom is 0.137 e. The van der Waals surface area contributed by atoms with E-state index in [0.29, 0.717) is 9.60 Å². The first-order chi connectivity index (χ1) is 7.31. The van der Waals surface area contributed by atoms with E-state index in [2.05, 4.69) is 6.07 Å². The molecule has 2 rings (SSSR count). The van der Waals surface area contributed by atoms with Crippen molar-refractivity contribution in [2.75, 3.05) is 18.6 Å². The topological polar surface area (TPSA) is 9.23 Å². The lowest BCUT2D eigenvalue weighted by molar-refractivity contribution is 0.415. The Morgan fingerprint density at radius 1 is 1.33 bits per heavy atom. The number of halogens is 1. The number of thioether (sulfide) groups is 2. The highest BCUT2D eigenvalue weighted by molar-refractivity contribution is 8.16. The minimum absolute atomic E-state index is 0.544. The van der Waals surface area contributed by atoms with Crippen molar-refractivity contribution < 1.29 is 4.74 Å². The van der Waals surface area contributed by atoms with Crippen LogP contribution in [0.5, 0.6) is 5.75 Å². The second kappa shape index (κ2) is 5.37. The second-order valence-corrected chi connectivity index (χ2v) is 6.45. The SMILES string of the molecule is COc1ccc(C2SCCCS2)cc1Cl. The van der Waals surface area contributed by atoms with Gasteiger partial charge in [0.05, 0.1) is 16.7 Å². The van der Waals surface area contributed by atoms with Crippen molar-refractivity contribution in [1.29, 1.82) is 0 Å². The lowest BCUT2D eigenvalue weighted by Gasteiger charge is -2.21. The summed E-state index contributed by atoms with van der Waals surface area (Å²) in [5, 5.41) is 0.710. The van der Waals surface area contributed by atoms with Gasteiger partial charge in [-0.2, -0.15) is 0 Å². The zero-order valence-corrected chi connectivity index (χ0v) is 10.9. The summed E-state index contributed by atoms with van der Waals surface area (Å²) in [5.74, 6) is 3.26. The van der Waals surface area contributed by atoms with Gasteiger partial charge in [0.1, 0.15) is 5.75 Å². The summed E-state index contributed by atoms with van der Waals surface area (Å²) in [7, 11) is 1.64. The van der Waals surface area contributed by atoms with Crippen LogP contribution in [-0.4, -0.2) is 18.6 Å². The Kier molecular flexibility index (Phi) is 4.12. The molecule has 82 valence electrons. The summed E-state index contributed by atoms with van der Waals surface area (Å²) < 4.78 is 5.69. The van der Waals surface area contributed by atoms with Crippen LogP contribution in [0, 0.1) is 0 Å². The Morgan fingerprint density at radius 3 is 2.67 bits per heavy atom. The minimum Gasteiger partial charge on any atom is -0.495 e. The van der Waals surface area contributed by atoms with Gasteiger partial charge in [0.25, 0.3) is 0 Å². The third-order valence-corrected chi connectivity index (χ3v) is 5.59. The van der Waals surface area contributed by atoms with Gasteiger partial charge in [0.15, 0.2) is 0 Å². The lowest BCUT2D eigenvalue weighted by atomic mass is 10.2. The van der Waals surface area contributed by atoms with Gasteiger partial charge in [-0.1, -0.05) is 17.7 Å². The van der Waals surface area contributed by atoms with Crippen molar-refractivity contribution in [3.63, 3.8) is 0 Å². The molecule has 1 saturated heterocycles. The maximum absolute atomic E-state index is 6.11. The second-order valence-electron chi connectivity index (χ2n) is 3.32. The molecule has 1 heterocycles. The van der Waals surface area contributed by atoms with Crippen molar-refractivity contribution >= 4 is 35.1 Å². The van der Waals surface area contributed by atoms with Crippen LogP contribution in [0.3, 0.4) is 0 Å². The molecule has 0 amide bonds. The summed E-state index contributed by atoms with van der Waals surface area (Å²) in [6, 6.07) is 6.09. The molecule has 0 aliphatic carbocycles. The molecule has 15 heavy (non-hydrogen) atoms. The number of benzene rings is 1. The average Bonchev–Trinajstić information content (AvgIpc) is 2.30. The molecule has 1 fully saturated rings. The molecule has 1 aliphatic heterocycles. The van der Waals surface area contributed by atoms with Gasteiger partial charge in [0.2, 0.25) is 0 Å². The van der Waals surface area contributed by atoms with E-state index in [4.69, 9.17) is 16.3 Å². The highest BCUT2D eigenvalue weighted by atomic mass is 35.5. The molecule has 0 aromatic heterocycles. The predicted molar refractivity (Wildman–Crippen MR) is 70.3 cm³/mol. The van der Waals surface area contributed by atoms with Crippen molar-refractivity contribution in [3.05, 3.63) is 28.8 Å². The first-order valence-electron chi connectivity index (χ1n) is 4.88. The zero-order chi connectivity index (χ0) is 10.7. The van der Waals surface area contributed by atoms with Crippen LogP contribution in [0.1, 0.15) is 16.6 Å². The maximum atomic E-state index is 6.11. The molecule has 0 bridgehead atoms. The fourth-order valence-electron chi connectivity index (χ4n) is 1.51. The standard InChI is InChI=1S/C11H13ClOS2/c1-13-10-4-3-8(7-9(10)12)11-14-5-2-6-15-11/h3-4,7,11H,2,5-6H2,1H3. The third-order valence-electron chi connectivity index (χ3n) is 2.28. The number of hydrogen-bond acceptors (Lipinski definition) is 3. The van der Waals surface area contributed by atoms with Crippen LogP contribution < -0.4 is 4.74 Å². The van der Waals surface area contributed by atoms with Gasteiger partial charge < -0.3 is 4.74 Å². The van der Waals surface area contributed by atoms with E-state index in [1.54, 1.807) is 7.11 Å². The number of rotatable bonds is 2.